The summed E-state index contributed by atoms with van der Waals surface area (Å²) in [4.78, 5) is 23.9. The highest BCUT2D eigenvalue weighted by molar-refractivity contribution is 5.92. The number of aromatic nitrogens is 1. The normalized spacial score (nSPS) is 21.9. The standard InChI is InChI=1S/C15H23N3O2/c1-2-8-18-10-12(6-7-14(18)19)17-15(20)13-5-3-4-11(13)9-16/h6-7,10-11,13H,2-5,8-9,16H2,1H3,(H,17,20). The van der Waals surface area contributed by atoms with Gasteiger partial charge in [0.1, 0.15) is 0 Å². The number of rotatable bonds is 5. The molecule has 1 saturated carbocycles. The van der Waals surface area contributed by atoms with Crippen LogP contribution in [0.15, 0.2) is 23.1 Å². The van der Waals surface area contributed by atoms with Crippen LogP contribution < -0.4 is 16.6 Å². The van der Waals surface area contributed by atoms with Crippen LogP contribution in [-0.4, -0.2) is 17.0 Å². The van der Waals surface area contributed by atoms with Gasteiger partial charge in [-0.15, -0.1) is 0 Å². The number of nitrogens with two attached hydrogens (primary N) is 1. The lowest BCUT2D eigenvalue weighted by Gasteiger charge is -2.17. The molecule has 1 aromatic rings. The molecule has 1 aliphatic rings. The van der Waals surface area contributed by atoms with E-state index >= 15 is 0 Å². The maximum absolute atomic E-state index is 12.3. The predicted molar refractivity (Wildman–Crippen MR) is 79.5 cm³/mol. The van der Waals surface area contributed by atoms with Crippen molar-refractivity contribution in [2.45, 2.75) is 39.2 Å². The summed E-state index contributed by atoms with van der Waals surface area (Å²) in [5, 5.41) is 2.92. The molecule has 2 rings (SSSR count). The molecule has 0 radical (unpaired) electrons. The predicted octanol–water partition coefficient (Wildman–Crippen LogP) is 1.57. The van der Waals surface area contributed by atoms with Gasteiger partial charge < -0.3 is 15.6 Å². The van der Waals surface area contributed by atoms with Crippen LogP contribution in [0.25, 0.3) is 0 Å². The lowest BCUT2D eigenvalue weighted by Crippen LogP contribution is -2.30. The molecule has 3 N–H and O–H groups in total. The van der Waals surface area contributed by atoms with E-state index < -0.39 is 0 Å². The highest BCUT2D eigenvalue weighted by Gasteiger charge is 2.31. The molecule has 2 atom stereocenters. The number of aryl methyl sites for hydroxylation is 1. The van der Waals surface area contributed by atoms with E-state index in [1.165, 1.54) is 6.07 Å². The quantitative estimate of drug-likeness (QED) is 0.857. The summed E-state index contributed by atoms with van der Waals surface area (Å²) in [5.41, 5.74) is 6.36. The molecule has 1 heterocycles. The van der Waals surface area contributed by atoms with Crippen molar-refractivity contribution in [3.8, 4) is 0 Å². The van der Waals surface area contributed by atoms with Gasteiger partial charge >= 0.3 is 0 Å². The van der Waals surface area contributed by atoms with Gasteiger partial charge in [0.05, 0.1) is 5.69 Å². The first-order valence-electron chi connectivity index (χ1n) is 7.37. The summed E-state index contributed by atoms with van der Waals surface area (Å²) in [6.07, 6.45) is 5.60. The summed E-state index contributed by atoms with van der Waals surface area (Å²) in [7, 11) is 0. The van der Waals surface area contributed by atoms with Gasteiger partial charge in [0, 0.05) is 24.7 Å². The third kappa shape index (κ3) is 3.28. The van der Waals surface area contributed by atoms with Gasteiger partial charge in [0.25, 0.3) is 5.56 Å². The minimum absolute atomic E-state index is 0.00607. The zero-order chi connectivity index (χ0) is 14.5. The van der Waals surface area contributed by atoms with Gasteiger partial charge in [-0.2, -0.15) is 0 Å². The van der Waals surface area contributed by atoms with Gasteiger partial charge in [0.2, 0.25) is 5.91 Å². The van der Waals surface area contributed by atoms with Crippen molar-refractivity contribution in [1.82, 2.24) is 4.57 Å². The van der Waals surface area contributed by atoms with Crippen molar-refractivity contribution in [2.75, 3.05) is 11.9 Å². The largest absolute Gasteiger partial charge is 0.330 e. The van der Waals surface area contributed by atoms with Gasteiger partial charge in [-0.3, -0.25) is 9.59 Å². The van der Waals surface area contributed by atoms with Crippen molar-refractivity contribution in [1.29, 1.82) is 0 Å². The first-order valence-corrected chi connectivity index (χ1v) is 7.37. The number of hydrogen-bond acceptors (Lipinski definition) is 3. The van der Waals surface area contributed by atoms with E-state index in [0.717, 1.165) is 25.7 Å². The highest BCUT2D eigenvalue weighted by atomic mass is 16.2. The molecule has 0 aliphatic heterocycles. The van der Waals surface area contributed by atoms with Crippen LogP contribution in [0.2, 0.25) is 0 Å². The monoisotopic (exact) mass is 277 g/mol. The molecule has 2 unspecified atom stereocenters. The number of carbonyl (C=O) groups is 1. The van der Waals surface area contributed by atoms with Crippen LogP contribution in [0.3, 0.4) is 0 Å². The van der Waals surface area contributed by atoms with E-state index in [1.807, 2.05) is 6.92 Å². The third-order valence-electron chi connectivity index (χ3n) is 4.01. The number of hydrogen-bond donors (Lipinski definition) is 2. The smallest absolute Gasteiger partial charge is 0.250 e. The Morgan fingerprint density at radius 1 is 1.45 bits per heavy atom. The van der Waals surface area contributed by atoms with E-state index in [0.29, 0.717) is 18.8 Å². The summed E-state index contributed by atoms with van der Waals surface area (Å²) < 4.78 is 1.63. The highest BCUT2D eigenvalue weighted by Crippen LogP contribution is 2.31. The maximum Gasteiger partial charge on any atom is 0.250 e. The summed E-state index contributed by atoms with van der Waals surface area (Å²) in [6.45, 7) is 3.24. The van der Waals surface area contributed by atoms with Gasteiger partial charge in [-0.25, -0.2) is 0 Å². The average Bonchev–Trinajstić information content (AvgIpc) is 2.91. The first-order chi connectivity index (χ1) is 9.65. The Morgan fingerprint density at radius 3 is 2.95 bits per heavy atom. The van der Waals surface area contributed by atoms with E-state index in [-0.39, 0.29) is 23.3 Å². The zero-order valence-corrected chi connectivity index (χ0v) is 12.0. The third-order valence-corrected chi connectivity index (χ3v) is 4.01. The fourth-order valence-corrected chi connectivity index (χ4v) is 2.92. The van der Waals surface area contributed by atoms with E-state index in [1.54, 1.807) is 16.8 Å². The van der Waals surface area contributed by atoms with Crippen molar-refractivity contribution in [3.05, 3.63) is 28.7 Å². The second-order valence-electron chi connectivity index (χ2n) is 5.47. The Kier molecular flexibility index (Phi) is 4.95. The van der Waals surface area contributed by atoms with Gasteiger partial charge in [-0.05, 0) is 37.8 Å². The number of nitrogens with one attached hydrogen (secondary N) is 1. The van der Waals surface area contributed by atoms with Crippen LogP contribution in [-0.2, 0) is 11.3 Å². The van der Waals surface area contributed by atoms with Crippen LogP contribution in [0, 0.1) is 11.8 Å². The Balaban J connectivity index is 2.07. The van der Waals surface area contributed by atoms with E-state index in [2.05, 4.69) is 5.32 Å². The number of carbonyl (C=O) groups excluding carboxylic acids is 1. The maximum atomic E-state index is 12.3. The zero-order valence-electron chi connectivity index (χ0n) is 12.0. The molecule has 110 valence electrons. The number of anilines is 1. The van der Waals surface area contributed by atoms with E-state index in [4.69, 9.17) is 5.73 Å². The summed E-state index contributed by atoms with van der Waals surface area (Å²) >= 11 is 0. The molecule has 1 aromatic heterocycles. The Bertz CT molecular complexity index is 524. The van der Waals surface area contributed by atoms with Crippen molar-refractivity contribution in [3.63, 3.8) is 0 Å². The molecule has 0 bridgehead atoms. The molecule has 1 fully saturated rings. The molecule has 1 aliphatic carbocycles. The molecule has 5 heteroatoms. The molecule has 0 aromatic carbocycles. The number of pyridine rings is 1. The van der Waals surface area contributed by atoms with E-state index in [9.17, 15) is 9.59 Å². The average molecular weight is 277 g/mol. The second kappa shape index (κ2) is 6.70. The van der Waals surface area contributed by atoms with Crippen molar-refractivity contribution >= 4 is 11.6 Å². The SMILES string of the molecule is CCCn1cc(NC(=O)C2CCCC2CN)ccc1=O. The molecule has 20 heavy (non-hydrogen) atoms. The molecule has 5 nitrogen and oxygen atoms in total. The van der Waals surface area contributed by atoms with Crippen molar-refractivity contribution < 1.29 is 4.79 Å². The van der Waals surface area contributed by atoms with Crippen LogP contribution in [0.1, 0.15) is 32.6 Å². The van der Waals surface area contributed by atoms with Crippen LogP contribution in [0.4, 0.5) is 5.69 Å². The van der Waals surface area contributed by atoms with Crippen molar-refractivity contribution in [2.24, 2.45) is 17.6 Å². The fraction of sp³-hybridized carbons (Fsp3) is 0.600. The Hall–Kier alpha value is -1.62. The van der Waals surface area contributed by atoms with Gasteiger partial charge in [0.15, 0.2) is 0 Å². The summed E-state index contributed by atoms with van der Waals surface area (Å²) in [6, 6.07) is 3.17. The first kappa shape index (κ1) is 14.8. The molecule has 0 saturated heterocycles. The molecular formula is C15H23N3O2. The second-order valence-corrected chi connectivity index (χ2v) is 5.47. The Morgan fingerprint density at radius 2 is 2.25 bits per heavy atom. The molecule has 0 spiro atoms. The molecular weight excluding hydrogens is 254 g/mol. The number of amides is 1. The fourth-order valence-electron chi connectivity index (χ4n) is 2.92. The van der Waals surface area contributed by atoms with Crippen LogP contribution in [0.5, 0.6) is 0 Å². The lowest BCUT2D eigenvalue weighted by molar-refractivity contribution is -0.120. The minimum atomic E-state index is -0.0365. The Labute approximate surface area is 119 Å². The minimum Gasteiger partial charge on any atom is -0.330 e. The number of nitrogens with zero attached hydrogens (tertiary/aromatic N) is 1. The molecule has 1 amide bonds. The summed E-state index contributed by atoms with van der Waals surface area (Å²) in [5.74, 6) is 0.322. The van der Waals surface area contributed by atoms with Gasteiger partial charge in [-0.1, -0.05) is 13.3 Å². The van der Waals surface area contributed by atoms with Crippen LogP contribution >= 0.6 is 0 Å². The topological polar surface area (TPSA) is 77.1 Å². The lowest BCUT2D eigenvalue weighted by atomic mass is 9.95.